The molecule has 0 aliphatic carbocycles. The maximum absolute atomic E-state index is 10.2. The molecule has 1 aromatic carbocycles. The molecule has 6 heteroatoms. The number of nitrogens with one attached hydrogen (secondary N) is 1. The highest BCUT2D eigenvalue weighted by Crippen LogP contribution is 2.11. The fourth-order valence-electron chi connectivity index (χ4n) is 1.38. The van der Waals surface area contributed by atoms with Crippen molar-refractivity contribution in [2.45, 2.75) is 26.1 Å². The van der Waals surface area contributed by atoms with E-state index in [4.69, 9.17) is 20.1 Å². The van der Waals surface area contributed by atoms with Crippen LogP contribution in [0, 0.1) is 0 Å². The van der Waals surface area contributed by atoms with Crippen molar-refractivity contribution in [3.63, 3.8) is 0 Å². The molecule has 6 nitrogen and oxygen atoms in total. The summed E-state index contributed by atoms with van der Waals surface area (Å²) < 4.78 is 4.95. The number of rotatable bonds is 7. The number of carboxylic acid groups (broad SMARTS) is 1. The molecule has 0 aliphatic heterocycles. The lowest BCUT2D eigenvalue weighted by molar-refractivity contribution is -0.131. The van der Waals surface area contributed by atoms with Gasteiger partial charge in [-0.05, 0) is 37.6 Å². The maximum Gasteiger partial charge on any atom is 0.328 e. The van der Waals surface area contributed by atoms with Gasteiger partial charge < -0.3 is 25.4 Å². The number of aliphatic carboxylic acids is 1. The summed E-state index contributed by atoms with van der Waals surface area (Å²) in [5.74, 6) is -0.191. The zero-order valence-electron chi connectivity index (χ0n) is 13.2. The Morgan fingerprint density at radius 1 is 1.18 bits per heavy atom. The molecule has 0 bridgehead atoms. The molecule has 0 radical (unpaired) electrons. The van der Waals surface area contributed by atoms with Crippen molar-refractivity contribution in [2.75, 3.05) is 20.2 Å². The van der Waals surface area contributed by atoms with Gasteiger partial charge >= 0.3 is 5.97 Å². The summed E-state index contributed by atoms with van der Waals surface area (Å²) in [6.45, 7) is 4.50. The molecule has 0 aromatic heterocycles. The van der Waals surface area contributed by atoms with Gasteiger partial charge in [-0.2, -0.15) is 0 Å². The van der Waals surface area contributed by atoms with E-state index >= 15 is 0 Å². The van der Waals surface area contributed by atoms with Gasteiger partial charge in [0.05, 0.1) is 19.3 Å². The van der Waals surface area contributed by atoms with E-state index < -0.39 is 5.97 Å². The molecule has 0 amide bonds. The highest BCUT2D eigenvalue weighted by Gasteiger charge is 1.96. The Bertz CT molecular complexity index is 432. The Morgan fingerprint density at radius 2 is 1.68 bits per heavy atom. The zero-order chi connectivity index (χ0) is 17.0. The molecule has 4 N–H and O–H groups in total. The molecule has 2 unspecified atom stereocenters. The summed E-state index contributed by atoms with van der Waals surface area (Å²) in [5.41, 5.74) is 0.836. The van der Waals surface area contributed by atoms with Gasteiger partial charge in [-0.1, -0.05) is 12.1 Å². The van der Waals surface area contributed by atoms with Crippen LogP contribution in [0.4, 0.5) is 0 Å². The largest absolute Gasteiger partial charge is 0.497 e. The van der Waals surface area contributed by atoms with E-state index in [-0.39, 0.29) is 12.2 Å². The van der Waals surface area contributed by atoms with Crippen LogP contribution in [0.1, 0.15) is 19.4 Å². The summed E-state index contributed by atoms with van der Waals surface area (Å²) in [7, 11) is 1.59. The van der Waals surface area contributed by atoms with E-state index in [1.807, 2.05) is 0 Å². The molecule has 1 aromatic rings. The monoisotopic (exact) mass is 311 g/mol. The van der Waals surface area contributed by atoms with Gasteiger partial charge in [-0.25, -0.2) is 4.79 Å². The highest BCUT2D eigenvalue weighted by atomic mass is 16.5. The third-order valence-electron chi connectivity index (χ3n) is 2.41. The Hall–Kier alpha value is -1.89. The van der Waals surface area contributed by atoms with Crippen molar-refractivity contribution in [3.8, 4) is 5.75 Å². The summed E-state index contributed by atoms with van der Waals surface area (Å²) in [5, 5.41) is 28.7. The van der Waals surface area contributed by atoms with Gasteiger partial charge in [0, 0.05) is 19.2 Å². The minimum absolute atomic E-state index is 0.330. The van der Waals surface area contributed by atoms with Crippen molar-refractivity contribution < 1.29 is 24.9 Å². The van der Waals surface area contributed by atoms with Gasteiger partial charge in [0.1, 0.15) is 5.75 Å². The predicted octanol–water partition coefficient (Wildman–Crippen LogP) is 1.13. The number of carboxylic acids is 1. The number of aliphatic hydroxyl groups excluding tert-OH is 2. The van der Waals surface area contributed by atoms with Crippen LogP contribution in [0.25, 0.3) is 6.08 Å². The first-order valence-corrected chi connectivity index (χ1v) is 6.97. The average molecular weight is 311 g/mol. The second kappa shape index (κ2) is 11.7. The van der Waals surface area contributed by atoms with E-state index in [1.54, 1.807) is 45.2 Å². The van der Waals surface area contributed by atoms with Crippen molar-refractivity contribution in [1.29, 1.82) is 0 Å². The second-order valence-electron chi connectivity index (χ2n) is 4.80. The molecule has 124 valence electrons. The quantitative estimate of drug-likeness (QED) is 0.563. The molecule has 0 saturated carbocycles. The van der Waals surface area contributed by atoms with Crippen LogP contribution in [-0.2, 0) is 4.79 Å². The summed E-state index contributed by atoms with van der Waals surface area (Å²) in [4.78, 5) is 10.2. The number of ether oxygens (including phenoxy) is 1. The lowest BCUT2D eigenvalue weighted by Gasteiger charge is -2.07. The zero-order valence-corrected chi connectivity index (χ0v) is 13.2. The van der Waals surface area contributed by atoms with Crippen LogP contribution in [0.2, 0.25) is 0 Å². The third kappa shape index (κ3) is 11.9. The molecule has 0 saturated heterocycles. The molecule has 22 heavy (non-hydrogen) atoms. The Kier molecular flexibility index (Phi) is 10.7. The van der Waals surface area contributed by atoms with Crippen molar-refractivity contribution in [3.05, 3.63) is 35.9 Å². The number of aliphatic hydroxyl groups is 2. The summed E-state index contributed by atoms with van der Waals surface area (Å²) >= 11 is 0. The summed E-state index contributed by atoms with van der Waals surface area (Å²) in [6, 6.07) is 7.14. The highest BCUT2D eigenvalue weighted by molar-refractivity contribution is 5.85. The molecular weight excluding hydrogens is 286 g/mol. The molecular formula is C16H25NO5. The minimum Gasteiger partial charge on any atom is -0.497 e. The van der Waals surface area contributed by atoms with Crippen molar-refractivity contribution >= 4 is 12.0 Å². The lowest BCUT2D eigenvalue weighted by atomic mass is 10.2. The minimum atomic E-state index is -0.948. The molecule has 0 spiro atoms. The fraction of sp³-hybridized carbons (Fsp3) is 0.438. The van der Waals surface area contributed by atoms with Crippen molar-refractivity contribution in [1.82, 2.24) is 5.32 Å². The van der Waals surface area contributed by atoms with Gasteiger partial charge in [0.2, 0.25) is 0 Å². The van der Waals surface area contributed by atoms with E-state index in [2.05, 4.69) is 5.32 Å². The van der Waals surface area contributed by atoms with Crippen LogP contribution in [0.3, 0.4) is 0 Å². The SMILES string of the molecule is CC(O)CNCC(C)O.COc1ccc(C=CC(=O)O)cc1. The Labute approximate surface area is 131 Å². The molecule has 1 rings (SSSR count). The van der Waals surface area contributed by atoms with Crippen LogP contribution in [0.15, 0.2) is 30.3 Å². The number of methoxy groups -OCH3 is 1. The molecule has 0 fully saturated rings. The fourth-order valence-corrected chi connectivity index (χ4v) is 1.38. The van der Waals surface area contributed by atoms with E-state index in [9.17, 15) is 4.79 Å². The van der Waals surface area contributed by atoms with Crippen LogP contribution < -0.4 is 10.1 Å². The Balaban J connectivity index is 0.000000433. The number of benzene rings is 1. The first kappa shape index (κ1) is 20.1. The van der Waals surface area contributed by atoms with Crippen LogP contribution >= 0.6 is 0 Å². The standard InChI is InChI=1S/C10H10O3.C6H15NO2/c1-13-9-5-2-8(3-6-9)4-7-10(11)12;1-5(8)3-7-4-6(2)9/h2-7H,1H3,(H,11,12);5-9H,3-4H2,1-2H3. The normalized spacial score (nSPS) is 13.1. The van der Waals surface area contributed by atoms with Crippen LogP contribution in [-0.4, -0.2) is 53.7 Å². The average Bonchev–Trinajstić information content (AvgIpc) is 2.45. The third-order valence-corrected chi connectivity index (χ3v) is 2.41. The lowest BCUT2D eigenvalue weighted by Crippen LogP contribution is -2.30. The number of hydrogen-bond donors (Lipinski definition) is 4. The summed E-state index contributed by atoms with van der Waals surface area (Å²) in [6.07, 6.45) is 1.97. The second-order valence-corrected chi connectivity index (χ2v) is 4.80. The Morgan fingerprint density at radius 3 is 2.05 bits per heavy atom. The van der Waals surface area contributed by atoms with Gasteiger partial charge in [-0.3, -0.25) is 0 Å². The van der Waals surface area contributed by atoms with E-state index in [0.717, 1.165) is 17.4 Å². The van der Waals surface area contributed by atoms with Crippen LogP contribution in [0.5, 0.6) is 5.75 Å². The first-order valence-electron chi connectivity index (χ1n) is 6.97. The van der Waals surface area contributed by atoms with Gasteiger partial charge in [0.25, 0.3) is 0 Å². The van der Waals surface area contributed by atoms with Gasteiger partial charge in [0.15, 0.2) is 0 Å². The predicted molar refractivity (Wildman–Crippen MR) is 85.9 cm³/mol. The smallest absolute Gasteiger partial charge is 0.328 e. The molecule has 2 atom stereocenters. The van der Waals surface area contributed by atoms with E-state index in [0.29, 0.717) is 13.1 Å². The van der Waals surface area contributed by atoms with Gasteiger partial charge in [-0.15, -0.1) is 0 Å². The maximum atomic E-state index is 10.2. The number of hydrogen-bond acceptors (Lipinski definition) is 5. The van der Waals surface area contributed by atoms with E-state index in [1.165, 1.54) is 6.08 Å². The topological polar surface area (TPSA) is 99.0 Å². The molecule has 0 aliphatic rings. The van der Waals surface area contributed by atoms with Crippen molar-refractivity contribution in [2.24, 2.45) is 0 Å². The number of carbonyl (C=O) groups is 1. The molecule has 0 heterocycles. The first-order chi connectivity index (χ1) is 10.3.